The first-order valence-corrected chi connectivity index (χ1v) is 5.50. The molecule has 2 N–H and O–H groups in total. The molecule has 0 spiro atoms. The van der Waals surface area contributed by atoms with Crippen LogP contribution in [0.5, 0.6) is 0 Å². The third-order valence-electron chi connectivity index (χ3n) is 4.35. The zero-order valence-electron chi connectivity index (χ0n) is 8.64. The van der Waals surface area contributed by atoms with Gasteiger partial charge in [-0.3, -0.25) is 0 Å². The predicted octanol–water partition coefficient (Wildman–Crippen LogP) is 1.93. The lowest BCUT2D eigenvalue weighted by atomic mass is 9.67. The molecule has 1 saturated carbocycles. The Balaban J connectivity index is 2.04. The molecule has 0 bridgehead atoms. The van der Waals surface area contributed by atoms with E-state index in [9.17, 15) is 0 Å². The van der Waals surface area contributed by atoms with Crippen molar-refractivity contribution in [3.63, 3.8) is 0 Å². The predicted molar refractivity (Wildman–Crippen MR) is 53.5 cm³/mol. The van der Waals surface area contributed by atoms with Crippen molar-refractivity contribution in [1.29, 1.82) is 0 Å². The SMILES string of the molecule is CC1(C2(CCN)CC2)CCOCC1. The Hall–Kier alpha value is -0.0800. The smallest absolute Gasteiger partial charge is 0.0471 e. The van der Waals surface area contributed by atoms with E-state index >= 15 is 0 Å². The summed E-state index contributed by atoms with van der Waals surface area (Å²) < 4.78 is 5.43. The third-order valence-corrected chi connectivity index (χ3v) is 4.35. The largest absolute Gasteiger partial charge is 0.381 e. The summed E-state index contributed by atoms with van der Waals surface area (Å²) in [5.74, 6) is 0. The second-order valence-corrected chi connectivity index (χ2v) is 4.99. The summed E-state index contributed by atoms with van der Waals surface area (Å²) in [5, 5.41) is 0. The Bertz CT molecular complexity index is 181. The minimum absolute atomic E-state index is 0.532. The number of hydrogen-bond donors (Lipinski definition) is 1. The zero-order chi connectivity index (χ0) is 9.36. The van der Waals surface area contributed by atoms with Gasteiger partial charge in [0.25, 0.3) is 0 Å². The topological polar surface area (TPSA) is 35.2 Å². The van der Waals surface area contributed by atoms with Crippen LogP contribution in [0.1, 0.15) is 39.0 Å². The van der Waals surface area contributed by atoms with Crippen molar-refractivity contribution in [3.8, 4) is 0 Å². The van der Waals surface area contributed by atoms with Crippen molar-refractivity contribution in [3.05, 3.63) is 0 Å². The van der Waals surface area contributed by atoms with Gasteiger partial charge in [0, 0.05) is 13.2 Å². The van der Waals surface area contributed by atoms with E-state index in [1.807, 2.05) is 0 Å². The quantitative estimate of drug-likeness (QED) is 0.725. The molecule has 2 rings (SSSR count). The Morgan fingerprint density at radius 2 is 1.77 bits per heavy atom. The molecule has 0 amide bonds. The van der Waals surface area contributed by atoms with Gasteiger partial charge < -0.3 is 10.5 Å². The van der Waals surface area contributed by atoms with Crippen LogP contribution in [-0.4, -0.2) is 19.8 Å². The van der Waals surface area contributed by atoms with Crippen LogP contribution in [0.4, 0.5) is 0 Å². The molecular weight excluding hydrogens is 162 g/mol. The van der Waals surface area contributed by atoms with Gasteiger partial charge >= 0.3 is 0 Å². The summed E-state index contributed by atoms with van der Waals surface area (Å²) in [7, 11) is 0. The molecule has 0 aromatic rings. The normalized spacial score (nSPS) is 30.0. The summed E-state index contributed by atoms with van der Waals surface area (Å²) >= 11 is 0. The molecule has 2 fully saturated rings. The third kappa shape index (κ3) is 1.50. The molecule has 1 aliphatic carbocycles. The Morgan fingerprint density at radius 1 is 1.15 bits per heavy atom. The highest BCUT2D eigenvalue weighted by Gasteiger charge is 2.55. The van der Waals surface area contributed by atoms with Gasteiger partial charge in [-0.15, -0.1) is 0 Å². The van der Waals surface area contributed by atoms with E-state index in [4.69, 9.17) is 10.5 Å². The second kappa shape index (κ2) is 3.25. The van der Waals surface area contributed by atoms with Gasteiger partial charge in [-0.05, 0) is 49.5 Å². The Labute approximate surface area is 80.8 Å². The maximum atomic E-state index is 5.69. The number of ether oxygens (including phenoxy) is 1. The Morgan fingerprint density at radius 3 is 2.23 bits per heavy atom. The van der Waals surface area contributed by atoms with E-state index in [-0.39, 0.29) is 0 Å². The van der Waals surface area contributed by atoms with Crippen molar-refractivity contribution >= 4 is 0 Å². The molecule has 0 atom stereocenters. The zero-order valence-corrected chi connectivity index (χ0v) is 8.64. The lowest BCUT2D eigenvalue weighted by molar-refractivity contribution is -0.0189. The van der Waals surface area contributed by atoms with Crippen molar-refractivity contribution in [1.82, 2.24) is 0 Å². The number of nitrogens with two attached hydrogens (primary N) is 1. The standard InChI is InChI=1S/C11H21NO/c1-10(5-8-13-9-6-10)11(2-3-11)4-7-12/h2-9,12H2,1H3. The highest BCUT2D eigenvalue weighted by atomic mass is 16.5. The molecular formula is C11H21NO. The maximum Gasteiger partial charge on any atom is 0.0471 e. The van der Waals surface area contributed by atoms with Crippen molar-refractivity contribution < 1.29 is 4.74 Å². The first-order valence-electron chi connectivity index (χ1n) is 5.50. The molecule has 0 aromatic heterocycles. The molecule has 0 aromatic carbocycles. The molecule has 2 nitrogen and oxygen atoms in total. The summed E-state index contributed by atoms with van der Waals surface area (Å²) in [6, 6.07) is 0. The molecule has 2 aliphatic rings. The second-order valence-electron chi connectivity index (χ2n) is 4.99. The van der Waals surface area contributed by atoms with Crippen LogP contribution in [0.15, 0.2) is 0 Å². The van der Waals surface area contributed by atoms with Crippen LogP contribution >= 0.6 is 0 Å². The van der Waals surface area contributed by atoms with Gasteiger partial charge in [0.05, 0.1) is 0 Å². The van der Waals surface area contributed by atoms with Crippen LogP contribution in [0.25, 0.3) is 0 Å². The van der Waals surface area contributed by atoms with Crippen molar-refractivity contribution in [2.45, 2.75) is 39.0 Å². The van der Waals surface area contributed by atoms with Gasteiger partial charge in [0.2, 0.25) is 0 Å². The molecule has 1 aliphatic heterocycles. The molecule has 0 radical (unpaired) electrons. The van der Waals surface area contributed by atoms with Gasteiger partial charge in [-0.25, -0.2) is 0 Å². The molecule has 2 heteroatoms. The minimum atomic E-state index is 0.532. The van der Waals surface area contributed by atoms with E-state index < -0.39 is 0 Å². The molecule has 1 heterocycles. The minimum Gasteiger partial charge on any atom is -0.381 e. The van der Waals surface area contributed by atoms with Crippen LogP contribution in [0.2, 0.25) is 0 Å². The van der Waals surface area contributed by atoms with Crippen LogP contribution in [0.3, 0.4) is 0 Å². The van der Waals surface area contributed by atoms with E-state index in [1.165, 1.54) is 32.1 Å². The average Bonchev–Trinajstić information content (AvgIpc) is 2.88. The number of hydrogen-bond acceptors (Lipinski definition) is 2. The van der Waals surface area contributed by atoms with E-state index in [2.05, 4.69) is 6.92 Å². The highest BCUT2D eigenvalue weighted by Crippen LogP contribution is 2.64. The molecule has 0 unspecified atom stereocenters. The Kier molecular flexibility index (Phi) is 2.37. The fourth-order valence-corrected chi connectivity index (χ4v) is 2.93. The van der Waals surface area contributed by atoms with Crippen molar-refractivity contribution in [2.75, 3.05) is 19.8 Å². The van der Waals surface area contributed by atoms with Gasteiger partial charge in [0.15, 0.2) is 0 Å². The monoisotopic (exact) mass is 183 g/mol. The van der Waals surface area contributed by atoms with E-state index in [1.54, 1.807) is 0 Å². The molecule has 76 valence electrons. The van der Waals surface area contributed by atoms with E-state index in [0.29, 0.717) is 10.8 Å². The summed E-state index contributed by atoms with van der Waals surface area (Å²) in [4.78, 5) is 0. The lowest BCUT2D eigenvalue weighted by Gasteiger charge is -2.41. The van der Waals surface area contributed by atoms with Gasteiger partial charge in [0.1, 0.15) is 0 Å². The first kappa shape index (κ1) is 9.47. The lowest BCUT2D eigenvalue weighted by Crippen LogP contribution is -2.36. The fraction of sp³-hybridized carbons (Fsp3) is 1.00. The van der Waals surface area contributed by atoms with Crippen LogP contribution in [-0.2, 0) is 4.74 Å². The maximum absolute atomic E-state index is 5.69. The summed E-state index contributed by atoms with van der Waals surface area (Å²) in [6.07, 6.45) is 6.52. The summed E-state index contributed by atoms with van der Waals surface area (Å²) in [6.45, 7) is 5.22. The summed E-state index contributed by atoms with van der Waals surface area (Å²) in [5.41, 5.74) is 6.82. The van der Waals surface area contributed by atoms with Gasteiger partial charge in [-0.1, -0.05) is 6.92 Å². The van der Waals surface area contributed by atoms with E-state index in [0.717, 1.165) is 19.8 Å². The van der Waals surface area contributed by atoms with Gasteiger partial charge in [-0.2, -0.15) is 0 Å². The van der Waals surface area contributed by atoms with Crippen molar-refractivity contribution in [2.24, 2.45) is 16.6 Å². The highest BCUT2D eigenvalue weighted by molar-refractivity contribution is 5.05. The molecule has 1 saturated heterocycles. The number of rotatable bonds is 3. The first-order chi connectivity index (χ1) is 6.22. The van der Waals surface area contributed by atoms with Crippen LogP contribution < -0.4 is 5.73 Å². The van der Waals surface area contributed by atoms with Crippen LogP contribution in [0, 0.1) is 10.8 Å². The average molecular weight is 183 g/mol. The fourth-order valence-electron chi connectivity index (χ4n) is 2.93. The molecule has 13 heavy (non-hydrogen) atoms.